The van der Waals surface area contributed by atoms with Crippen molar-refractivity contribution in [2.45, 2.75) is 52.6 Å². The number of Topliss-reactive ketones (excluding diaryl/α,β-unsaturated/α-hetero) is 1. The van der Waals surface area contributed by atoms with Crippen LogP contribution in [0.15, 0.2) is 55.0 Å². The molecule has 0 amide bonds. The Hall–Kier alpha value is -4.42. The van der Waals surface area contributed by atoms with Crippen LogP contribution in [0.5, 0.6) is 11.5 Å². The molecule has 1 fully saturated rings. The summed E-state index contributed by atoms with van der Waals surface area (Å²) in [5.74, 6) is 2.26. The number of hydrogen-bond acceptors (Lipinski definition) is 8. The van der Waals surface area contributed by atoms with Gasteiger partial charge in [-0.15, -0.1) is 0 Å². The van der Waals surface area contributed by atoms with Gasteiger partial charge in [0.1, 0.15) is 30.0 Å². The molecule has 3 aromatic heterocycles. The number of nitriles is 1. The molecule has 1 saturated heterocycles. The van der Waals surface area contributed by atoms with E-state index in [0.29, 0.717) is 29.0 Å². The molecule has 42 heavy (non-hydrogen) atoms. The summed E-state index contributed by atoms with van der Waals surface area (Å²) in [6, 6.07) is 13.7. The summed E-state index contributed by atoms with van der Waals surface area (Å²) in [6.45, 7) is 9.24. The number of fused-ring (bicyclic) bond motifs is 1. The fourth-order valence-electron chi connectivity index (χ4n) is 5.43. The molecule has 0 unspecified atom stereocenters. The van der Waals surface area contributed by atoms with Crippen molar-refractivity contribution in [2.75, 3.05) is 31.7 Å². The molecule has 4 aromatic rings. The molecule has 0 bridgehead atoms. The summed E-state index contributed by atoms with van der Waals surface area (Å²) in [5.41, 5.74) is 3.35. The quantitative estimate of drug-likeness (QED) is 0.260. The van der Waals surface area contributed by atoms with Gasteiger partial charge in [0, 0.05) is 42.4 Å². The van der Waals surface area contributed by atoms with Crippen molar-refractivity contribution in [1.82, 2.24) is 14.6 Å². The van der Waals surface area contributed by atoms with Gasteiger partial charge in [0.2, 0.25) is 0 Å². The summed E-state index contributed by atoms with van der Waals surface area (Å²) in [5, 5.41) is 24.1. The highest BCUT2D eigenvalue weighted by molar-refractivity contribution is 5.98. The van der Waals surface area contributed by atoms with Crippen molar-refractivity contribution in [3.05, 3.63) is 71.7 Å². The number of ketones is 1. The standard InChI is InChI=1S/C33H37N5O4/c1-22-6-8-25(41-5)14-27(22)29(39)16-33(4)10-12-37(13-11-33)30-9-7-23(18-35-30)28-15-26(42-21-32(2,3)40)20-38-31(28)24(17-34)19-36-38/h6-9,14-15,18-20,40H,10-13,16,21H2,1-5H3. The fraction of sp³-hybridized carbons (Fsp3) is 0.394. The molecular formula is C33H37N5O4. The van der Waals surface area contributed by atoms with Gasteiger partial charge in [-0.25, -0.2) is 9.50 Å². The molecule has 0 atom stereocenters. The zero-order chi connectivity index (χ0) is 30.1. The number of hydrogen-bond donors (Lipinski definition) is 1. The van der Waals surface area contributed by atoms with Gasteiger partial charge in [0.05, 0.1) is 36.2 Å². The van der Waals surface area contributed by atoms with E-state index in [9.17, 15) is 15.2 Å². The number of anilines is 1. The van der Waals surface area contributed by atoms with Crippen LogP contribution in [-0.4, -0.2) is 57.9 Å². The second kappa shape index (κ2) is 11.5. The first-order valence-electron chi connectivity index (χ1n) is 14.1. The Morgan fingerprint density at radius 3 is 2.55 bits per heavy atom. The normalized spacial score (nSPS) is 14.9. The average molecular weight is 568 g/mol. The van der Waals surface area contributed by atoms with Crippen molar-refractivity contribution in [3.63, 3.8) is 0 Å². The molecule has 1 N–H and O–H groups in total. The lowest BCUT2D eigenvalue weighted by Crippen LogP contribution is -2.40. The molecular weight excluding hydrogens is 530 g/mol. The van der Waals surface area contributed by atoms with Crippen molar-refractivity contribution in [2.24, 2.45) is 5.41 Å². The Balaban J connectivity index is 1.31. The number of carbonyl (C=O) groups is 1. The zero-order valence-corrected chi connectivity index (χ0v) is 24.8. The third-order valence-electron chi connectivity index (χ3n) is 7.99. The molecule has 1 aliphatic rings. The number of ether oxygens (including phenoxy) is 2. The molecule has 9 nitrogen and oxygen atoms in total. The highest BCUT2D eigenvalue weighted by atomic mass is 16.5. The molecule has 9 heteroatoms. The van der Waals surface area contributed by atoms with Crippen molar-refractivity contribution in [1.29, 1.82) is 5.26 Å². The number of benzene rings is 1. The van der Waals surface area contributed by atoms with Gasteiger partial charge in [-0.1, -0.05) is 13.0 Å². The molecule has 5 rings (SSSR count). The van der Waals surface area contributed by atoms with Crippen LogP contribution in [0, 0.1) is 23.7 Å². The van der Waals surface area contributed by atoms with Gasteiger partial charge in [-0.2, -0.15) is 10.4 Å². The van der Waals surface area contributed by atoms with Crippen molar-refractivity contribution in [3.8, 4) is 28.7 Å². The molecule has 1 aromatic carbocycles. The van der Waals surface area contributed by atoms with Gasteiger partial charge < -0.3 is 19.5 Å². The van der Waals surface area contributed by atoms with E-state index in [-0.39, 0.29) is 17.8 Å². The van der Waals surface area contributed by atoms with Crippen LogP contribution in [0.1, 0.15) is 61.5 Å². The van der Waals surface area contributed by atoms with Crippen LogP contribution < -0.4 is 14.4 Å². The number of nitrogens with zero attached hydrogens (tertiary/aromatic N) is 5. The first-order chi connectivity index (χ1) is 20.0. The Labute approximate surface area is 246 Å². The van der Waals surface area contributed by atoms with Gasteiger partial charge in [0.25, 0.3) is 0 Å². The third kappa shape index (κ3) is 6.24. The maximum absolute atomic E-state index is 13.2. The largest absolute Gasteiger partial charge is 0.497 e. The number of aryl methyl sites for hydroxylation is 1. The van der Waals surface area contributed by atoms with Crippen LogP contribution in [0.25, 0.3) is 16.6 Å². The molecule has 1 aliphatic heterocycles. The molecule has 0 aliphatic carbocycles. The van der Waals surface area contributed by atoms with E-state index >= 15 is 0 Å². The van der Waals surface area contributed by atoms with E-state index in [1.54, 1.807) is 31.7 Å². The third-order valence-corrected chi connectivity index (χ3v) is 7.99. The second-order valence-electron chi connectivity index (χ2n) is 12.1. The van der Waals surface area contributed by atoms with Gasteiger partial charge in [-0.3, -0.25) is 4.79 Å². The molecule has 0 saturated carbocycles. The van der Waals surface area contributed by atoms with Crippen molar-refractivity contribution >= 4 is 17.1 Å². The SMILES string of the molecule is COc1ccc(C)c(C(=O)CC2(C)CCN(c3ccc(-c4cc(OCC(C)(C)O)cn5ncc(C#N)c45)cn3)CC2)c1. The van der Waals surface area contributed by atoms with Crippen LogP contribution in [-0.2, 0) is 0 Å². The van der Waals surface area contributed by atoms with E-state index in [4.69, 9.17) is 14.5 Å². The highest BCUT2D eigenvalue weighted by Crippen LogP contribution is 2.38. The minimum absolute atomic E-state index is 0.0894. The number of rotatable bonds is 9. The molecule has 4 heterocycles. The second-order valence-corrected chi connectivity index (χ2v) is 12.1. The smallest absolute Gasteiger partial charge is 0.163 e. The Morgan fingerprint density at radius 1 is 1.14 bits per heavy atom. The first kappa shape index (κ1) is 29.1. The Kier molecular flexibility index (Phi) is 7.93. The summed E-state index contributed by atoms with van der Waals surface area (Å²) < 4.78 is 12.8. The van der Waals surface area contributed by atoms with Gasteiger partial charge >= 0.3 is 0 Å². The minimum atomic E-state index is -0.994. The highest BCUT2D eigenvalue weighted by Gasteiger charge is 2.33. The fourth-order valence-corrected chi connectivity index (χ4v) is 5.43. The average Bonchev–Trinajstić information content (AvgIpc) is 3.39. The Morgan fingerprint density at radius 2 is 1.90 bits per heavy atom. The lowest BCUT2D eigenvalue weighted by atomic mass is 9.75. The van der Waals surface area contributed by atoms with E-state index in [1.165, 1.54) is 6.20 Å². The van der Waals surface area contributed by atoms with Crippen LogP contribution in [0.4, 0.5) is 5.82 Å². The van der Waals surface area contributed by atoms with Crippen LogP contribution >= 0.6 is 0 Å². The molecule has 0 spiro atoms. The number of pyridine rings is 2. The maximum atomic E-state index is 13.2. The minimum Gasteiger partial charge on any atom is -0.497 e. The molecule has 0 radical (unpaired) electrons. The summed E-state index contributed by atoms with van der Waals surface area (Å²) in [6.07, 6.45) is 7.31. The van der Waals surface area contributed by atoms with Crippen LogP contribution in [0.3, 0.4) is 0 Å². The summed E-state index contributed by atoms with van der Waals surface area (Å²) >= 11 is 0. The van der Waals surface area contributed by atoms with E-state index in [2.05, 4.69) is 23.0 Å². The summed E-state index contributed by atoms with van der Waals surface area (Å²) in [4.78, 5) is 20.3. The lowest BCUT2D eigenvalue weighted by molar-refractivity contribution is 0.0283. The number of aromatic nitrogens is 3. The number of methoxy groups -OCH3 is 1. The molecule has 218 valence electrons. The zero-order valence-electron chi connectivity index (χ0n) is 24.8. The predicted molar refractivity (Wildman–Crippen MR) is 161 cm³/mol. The van der Waals surface area contributed by atoms with Gasteiger partial charge in [0.15, 0.2) is 5.78 Å². The predicted octanol–water partition coefficient (Wildman–Crippen LogP) is 5.61. The number of aliphatic hydroxyl groups is 1. The summed E-state index contributed by atoms with van der Waals surface area (Å²) in [7, 11) is 1.61. The van der Waals surface area contributed by atoms with E-state index in [0.717, 1.165) is 54.0 Å². The monoisotopic (exact) mass is 567 g/mol. The van der Waals surface area contributed by atoms with E-state index in [1.807, 2.05) is 49.5 Å². The Bertz CT molecular complexity index is 1640. The topological polar surface area (TPSA) is 113 Å². The number of carbonyl (C=O) groups excluding carboxylic acids is 1. The maximum Gasteiger partial charge on any atom is 0.163 e. The van der Waals surface area contributed by atoms with Gasteiger partial charge in [-0.05, 0) is 74.9 Å². The van der Waals surface area contributed by atoms with Crippen LogP contribution in [0.2, 0.25) is 0 Å². The first-order valence-corrected chi connectivity index (χ1v) is 14.1. The number of piperidine rings is 1. The van der Waals surface area contributed by atoms with Crippen molar-refractivity contribution < 1.29 is 19.4 Å². The van der Waals surface area contributed by atoms with E-state index < -0.39 is 5.60 Å². The lowest BCUT2D eigenvalue weighted by Gasteiger charge is -2.39.